The Hall–Kier alpha value is -2.16. The molecule has 0 aromatic carbocycles. The van der Waals surface area contributed by atoms with Gasteiger partial charge in [-0.25, -0.2) is 8.42 Å². The molecule has 9 heteroatoms. The van der Waals surface area contributed by atoms with Crippen molar-refractivity contribution in [2.24, 2.45) is 17.4 Å². The van der Waals surface area contributed by atoms with Crippen LogP contribution in [0.25, 0.3) is 0 Å². The van der Waals surface area contributed by atoms with Gasteiger partial charge in [-0.15, -0.1) is 0 Å². The lowest BCUT2D eigenvalue weighted by molar-refractivity contribution is 0.0123. The number of rotatable bonds is 6. The average Bonchev–Trinajstić information content (AvgIpc) is 3.04. The Morgan fingerprint density at radius 2 is 2.35 bits per heavy atom. The van der Waals surface area contributed by atoms with Gasteiger partial charge in [0.25, 0.3) is 0 Å². The normalized spacial score (nSPS) is 17.5. The number of nitrogens with zero attached hydrogens (tertiary/aromatic N) is 4. The summed E-state index contributed by atoms with van der Waals surface area (Å²) in [7, 11) is -1.92. The van der Waals surface area contributed by atoms with Crippen LogP contribution in [0.5, 0.6) is 0 Å². The minimum Gasteiger partial charge on any atom is -0.391 e. The number of aromatic nitrogens is 2. The van der Waals surface area contributed by atoms with Gasteiger partial charge in [0.05, 0.1) is 6.20 Å². The molecule has 0 aliphatic carbocycles. The molecule has 0 saturated heterocycles. The maximum absolute atomic E-state index is 12.5. The van der Waals surface area contributed by atoms with Crippen LogP contribution in [0.2, 0.25) is 0 Å². The quantitative estimate of drug-likeness (QED) is 0.336. The van der Waals surface area contributed by atoms with E-state index in [0.29, 0.717) is 5.56 Å². The minimum atomic E-state index is -3.65. The van der Waals surface area contributed by atoms with E-state index in [2.05, 4.69) is 22.0 Å². The fourth-order valence-corrected chi connectivity index (χ4v) is 3.40. The summed E-state index contributed by atoms with van der Waals surface area (Å²) in [4.78, 5) is 10.2. The third-order valence-corrected chi connectivity index (χ3v) is 4.65. The summed E-state index contributed by atoms with van der Waals surface area (Å²) in [5.41, 5.74) is 0.208. The van der Waals surface area contributed by atoms with Crippen molar-refractivity contribution in [1.82, 2.24) is 9.78 Å². The van der Waals surface area contributed by atoms with E-state index >= 15 is 0 Å². The Balaban J connectivity index is 2.23. The first-order valence-electron chi connectivity index (χ1n) is 7.00. The average molecular weight is 340 g/mol. The van der Waals surface area contributed by atoms with Crippen molar-refractivity contribution in [3.63, 3.8) is 0 Å². The Morgan fingerprint density at radius 3 is 2.87 bits per heavy atom. The number of hydrogen-bond donors (Lipinski definition) is 0. The van der Waals surface area contributed by atoms with Crippen LogP contribution in [-0.2, 0) is 26.6 Å². The first kappa shape index (κ1) is 17.2. The van der Waals surface area contributed by atoms with Crippen molar-refractivity contribution in [3.05, 3.63) is 30.6 Å². The lowest BCUT2D eigenvalue weighted by Crippen LogP contribution is -2.27. The Morgan fingerprint density at radius 1 is 1.61 bits per heavy atom. The van der Waals surface area contributed by atoms with E-state index in [4.69, 9.17) is 9.68 Å². The van der Waals surface area contributed by atoms with Crippen LogP contribution in [-0.4, -0.2) is 46.9 Å². The summed E-state index contributed by atoms with van der Waals surface area (Å²) in [6.07, 6.45) is 4.95. The van der Waals surface area contributed by atoms with E-state index in [9.17, 15) is 8.42 Å². The summed E-state index contributed by atoms with van der Waals surface area (Å²) in [6, 6.07) is 0. The highest BCUT2D eigenvalue weighted by Crippen LogP contribution is 2.25. The lowest BCUT2D eigenvalue weighted by atomic mass is 10.1. The predicted molar refractivity (Wildman–Crippen MR) is 86.9 cm³/mol. The molecule has 0 fully saturated rings. The van der Waals surface area contributed by atoms with Crippen molar-refractivity contribution >= 4 is 20.6 Å². The third kappa shape index (κ3) is 4.41. The number of aryl methyl sites for hydroxylation is 1. The SMILES string of the molecule is C=CCON=C(CS(=O)(=O)C1=NOC(C)(C)C1)c1cnn(C)c1. The van der Waals surface area contributed by atoms with E-state index in [1.807, 2.05) is 0 Å². The monoisotopic (exact) mass is 340 g/mol. The molecule has 2 heterocycles. The summed E-state index contributed by atoms with van der Waals surface area (Å²) in [5, 5.41) is 11.7. The topological polar surface area (TPSA) is 95.1 Å². The maximum Gasteiger partial charge on any atom is 0.200 e. The molecule has 2 rings (SSSR count). The molecule has 1 aromatic rings. The van der Waals surface area contributed by atoms with Gasteiger partial charge in [-0.1, -0.05) is 23.0 Å². The number of sulfone groups is 1. The molecule has 0 amide bonds. The van der Waals surface area contributed by atoms with Gasteiger partial charge in [-0.2, -0.15) is 5.10 Å². The number of hydrogen-bond acceptors (Lipinski definition) is 7. The van der Waals surface area contributed by atoms with Crippen molar-refractivity contribution in [1.29, 1.82) is 0 Å². The van der Waals surface area contributed by atoms with Crippen LogP contribution in [0, 0.1) is 0 Å². The molecule has 126 valence electrons. The molecule has 0 N–H and O–H groups in total. The molecular formula is C14H20N4O4S. The fourth-order valence-electron chi connectivity index (χ4n) is 1.93. The molecule has 1 aromatic heterocycles. The van der Waals surface area contributed by atoms with E-state index in [0.717, 1.165) is 0 Å². The Bertz CT molecular complexity index is 747. The van der Waals surface area contributed by atoms with Crippen molar-refractivity contribution < 1.29 is 18.1 Å². The van der Waals surface area contributed by atoms with Crippen LogP contribution in [0.1, 0.15) is 25.8 Å². The van der Waals surface area contributed by atoms with E-state index < -0.39 is 15.4 Å². The van der Waals surface area contributed by atoms with E-state index in [-0.39, 0.29) is 29.5 Å². The first-order valence-corrected chi connectivity index (χ1v) is 8.65. The van der Waals surface area contributed by atoms with Gasteiger partial charge in [-0.3, -0.25) is 4.68 Å². The second-order valence-corrected chi connectivity index (χ2v) is 7.79. The summed E-state index contributed by atoms with van der Waals surface area (Å²) in [5.74, 6) is -0.339. The summed E-state index contributed by atoms with van der Waals surface area (Å²) < 4.78 is 26.7. The zero-order chi connectivity index (χ0) is 17.1. The molecule has 0 saturated carbocycles. The Labute approximate surface area is 135 Å². The van der Waals surface area contributed by atoms with Gasteiger partial charge < -0.3 is 9.68 Å². The molecule has 0 spiro atoms. The van der Waals surface area contributed by atoms with Gasteiger partial charge >= 0.3 is 0 Å². The molecule has 0 radical (unpaired) electrons. The smallest absolute Gasteiger partial charge is 0.200 e. The molecule has 23 heavy (non-hydrogen) atoms. The molecule has 0 atom stereocenters. The third-order valence-electron chi connectivity index (χ3n) is 3.06. The highest BCUT2D eigenvalue weighted by molar-refractivity contribution is 8.07. The van der Waals surface area contributed by atoms with Crippen LogP contribution in [0.3, 0.4) is 0 Å². The van der Waals surface area contributed by atoms with Gasteiger partial charge in [0.2, 0.25) is 9.84 Å². The summed E-state index contributed by atoms with van der Waals surface area (Å²) in [6.45, 7) is 7.26. The van der Waals surface area contributed by atoms with Gasteiger partial charge in [0.1, 0.15) is 23.7 Å². The zero-order valence-electron chi connectivity index (χ0n) is 13.4. The molecular weight excluding hydrogens is 320 g/mol. The van der Waals surface area contributed by atoms with E-state index in [1.54, 1.807) is 31.8 Å². The van der Waals surface area contributed by atoms with Gasteiger partial charge in [0, 0.05) is 25.2 Å². The molecule has 1 aliphatic heterocycles. The minimum absolute atomic E-state index is 0.0165. The van der Waals surface area contributed by atoms with Gasteiger partial charge in [-0.05, 0) is 13.8 Å². The highest BCUT2D eigenvalue weighted by Gasteiger charge is 2.36. The molecule has 0 unspecified atom stereocenters. The van der Waals surface area contributed by atoms with Crippen LogP contribution < -0.4 is 0 Å². The van der Waals surface area contributed by atoms with Crippen LogP contribution >= 0.6 is 0 Å². The fraction of sp³-hybridized carbons (Fsp3) is 0.500. The zero-order valence-corrected chi connectivity index (χ0v) is 14.2. The maximum atomic E-state index is 12.5. The molecule has 1 aliphatic rings. The highest BCUT2D eigenvalue weighted by atomic mass is 32.2. The second-order valence-electron chi connectivity index (χ2n) is 5.80. The second kappa shape index (κ2) is 6.53. The largest absolute Gasteiger partial charge is 0.391 e. The van der Waals surface area contributed by atoms with Crippen molar-refractivity contribution in [3.8, 4) is 0 Å². The lowest BCUT2D eigenvalue weighted by Gasteiger charge is -2.13. The van der Waals surface area contributed by atoms with Crippen LogP contribution in [0.4, 0.5) is 0 Å². The standard InChI is InChI=1S/C14H20N4O4S/c1-5-6-21-16-12(11-8-15-18(4)9-11)10-23(19,20)13-7-14(2,3)22-17-13/h5,8-9H,1,6-7,10H2,2-4H3. The molecule has 8 nitrogen and oxygen atoms in total. The van der Waals surface area contributed by atoms with Crippen LogP contribution in [0.15, 0.2) is 35.4 Å². The van der Waals surface area contributed by atoms with Gasteiger partial charge in [0.15, 0.2) is 5.04 Å². The van der Waals surface area contributed by atoms with Crippen molar-refractivity contribution in [2.75, 3.05) is 12.4 Å². The van der Waals surface area contributed by atoms with E-state index in [1.165, 1.54) is 12.3 Å². The predicted octanol–water partition coefficient (Wildman–Crippen LogP) is 1.25. The summed E-state index contributed by atoms with van der Waals surface area (Å²) >= 11 is 0. The first-order chi connectivity index (χ1) is 10.7. The Kier molecular flexibility index (Phi) is 4.88. The van der Waals surface area contributed by atoms with Crippen molar-refractivity contribution in [2.45, 2.75) is 25.9 Å². The molecule has 0 bridgehead atoms. The number of oxime groups is 2.